The smallest absolute Gasteiger partial charge is 0.183 e. The lowest BCUT2D eigenvalue weighted by Crippen LogP contribution is -1.84. The lowest BCUT2D eigenvalue weighted by atomic mass is 10.1. The van der Waals surface area contributed by atoms with E-state index >= 15 is 0 Å². The van der Waals surface area contributed by atoms with Gasteiger partial charge in [0.15, 0.2) is 4.70 Å². The van der Waals surface area contributed by atoms with Crippen LogP contribution >= 0.6 is 10.8 Å². The summed E-state index contributed by atoms with van der Waals surface area (Å²) in [5.41, 5.74) is 1.02. The number of thiophene rings is 1. The minimum absolute atomic E-state index is 0.791. The molecule has 1 aromatic heterocycles. The first kappa shape index (κ1) is 8.71. The Morgan fingerprint density at radius 1 is 1.13 bits per heavy atom. The summed E-state index contributed by atoms with van der Waals surface area (Å²) in [7, 11) is -1.01. The van der Waals surface area contributed by atoms with Crippen molar-refractivity contribution in [2.24, 2.45) is 0 Å². The second kappa shape index (κ2) is 3.22. The van der Waals surface area contributed by atoms with Crippen LogP contribution in [-0.4, -0.2) is 4.55 Å². The van der Waals surface area contributed by atoms with E-state index in [0.29, 0.717) is 0 Å². The van der Waals surface area contributed by atoms with Crippen LogP contribution in [0.25, 0.3) is 16.2 Å². The number of hydrogen-bond acceptors (Lipinski definition) is 2. The van der Waals surface area contributed by atoms with Gasteiger partial charge in [-0.1, -0.05) is 12.2 Å². The first-order valence-electron chi connectivity index (χ1n) is 4.62. The van der Waals surface area contributed by atoms with E-state index in [1.165, 1.54) is 0 Å². The average molecular weight is 216 g/mol. The maximum atomic E-state index is 11.6. The maximum Gasteiger partial charge on any atom is 0.183 e. The van der Waals surface area contributed by atoms with Gasteiger partial charge in [-0.3, -0.25) is 0 Å². The van der Waals surface area contributed by atoms with E-state index in [1.807, 2.05) is 36.4 Å². The van der Waals surface area contributed by atoms with E-state index in [-0.39, 0.29) is 0 Å². The van der Waals surface area contributed by atoms with Gasteiger partial charge in [-0.25, -0.2) is 0 Å². The number of fused-ring (bicyclic) bond motifs is 3. The number of ether oxygens (including phenoxy) is 1. The largest absolute Gasteiger partial charge is 0.590 e. The SMILES string of the molecule is [O-][s+]1ccc2c3c(ccc21)C=CC=CO3. The second-order valence-electron chi connectivity index (χ2n) is 3.30. The minimum Gasteiger partial charge on any atom is -0.590 e. The molecule has 0 aliphatic carbocycles. The Morgan fingerprint density at radius 3 is 3.00 bits per heavy atom. The third-order valence-corrected chi connectivity index (χ3v) is 3.59. The Hall–Kier alpha value is -1.58. The van der Waals surface area contributed by atoms with Crippen LogP contribution in [0.4, 0.5) is 0 Å². The molecular weight excluding hydrogens is 208 g/mol. The molecule has 0 spiro atoms. The van der Waals surface area contributed by atoms with Crippen molar-refractivity contribution in [1.82, 2.24) is 0 Å². The molecule has 2 nitrogen and oxygen atoms in total. The van der Waals surface area contributed by atoms with Gasteiger partial charge in [0.1, 0.15) is 11.1 Å². The van der Waals surface area contributed by atoms with Gasteiger partial charge in [0.05, 0.1) is 11.6 Å². The molecule has 2 aromatic rings. The summed E-state index contributed by atoms with van der Waals surface area (Å²) in [6.45, 7) is 0. The van der Waals surface area contributed by atoms with Gasteiger partial charge in [0.2, 0.25) is 0 Å². The monoisotopic (exact) mass is 216 g/mol. The molecule has 1 atom stereocenters. The van der Waals surface area contributed by atoms with Gasteiger partial charge < -0.3 is 9.29 Å². The zero-order valence-corrected chi connectivity index (χ0v) is 8.66. The van der Waals surface area contributed by atoms with Crippen molar-refractivity contribution in [2.45, 2.75) is 0 Å². The van der Waals surface area contributed by atoms with E-state index in [4.69, 9.17) is 4.74 Å². The molecule has 74 valence electrons. The van der Waals surface area contributed by atoms with Crippen LogP contribution in [-0.2, 0) is 0 Å². The summed E-state index contributed by atoms with van der Waals surface area (Å²) in [6.07, 6.45) is 7.38. The van der Waals surface area contributed by atoms with Crippen molar-refractivity contribution in [3.8, 4) is 5.75 Å². The molecule has 3 rings (SSSR count). The summed E-state index contributed by atoms with van der Waals surface area (Å²) < 4.78 is 17.9. The Kier molecular flexibility index (Phi) is 1.87. The Balaban J connectivity index is 2.38. The summed E-state index contributed by atoms with van der Waals surface area (Å²) >= 11 is 0. The third-order valence-electron chi connectivity index (χ3n) is 2.41. The molecule has 0 fully saturated rings. The Morgan fingerprint density at radius 2 is 2.07 bits per heavy atom. The molecule has 1 aliphatic rings. The van der Waals surface area contributed by atoms with Gasteiger partial charge in [-0.15, -0.1) is 0 Å². The normalized spacial score (nSPS) is 14.9. The number of allylic oxidation sites excluding steroid dienone is 2. The highest BCUT2D eigenvalue weighted by molar-refractivity contribution is 7.30. The molecule has 0 N–H and O–H groups in total. The van der Waals surface area contributed by atoms with Gasteiger partial charge in [-0.2, -0.15) is 0 Å². The van der Waals surface area contributed by atoms with Crippen LogP contribution in [0.1, 0.15) is 5.56 Å². The van der Waals surface area contributed by atoms with Gasteiger partial charge in [-0.05, 0) is 29.0 Å². The van der Waals surface area contributed by atoms with Crippen molar-refractivity contribution < 1.29 is 9.29 Å². The van der Waals surface area contributed by atoms with E-state index in [1.54, 1.807) is 11.6 Å². The lowest BCUT2D eigenvalue weighted by Gasteiger charge is -2.03. The molecule has 0 amide bonds. The first-order chi connectivity index (χ1) is 7.36. The standard InChI is InChI=1S/C12H8O2S/c13-15-8-6-10-11(15)5-4-9-3-1-2-7-14-12(9)10/h1-8H. The fraction of sp³-hybridized carbons (Fsp3) is 0. The molecular formula is C12H8O2S. The zero-order chi connectivity index (χ0) is 10.3. The quantitative estimate of drug-likeness (QED) is 0.631. The van der Waals surface area contributed by atoms with Gasteiger partial charge >= 0.3 is 0 Å². The molecule has 0 bridgehead atoms. The van der Waals surface area contributed by atoms with Crippen molar-refractivity contribution in [2.75, 3.05) is 0 Å². The highest BCUT2D eigenvalue weighted by Crippen LogP contribution is 2.38. The van der Waals surface area contributed by atoms with E-state index in [9.17, 15) is 4.55 Å². The Bertz CT molecular complexity index is 579. The summed E-state index contributed by atoms with van der Waals surface area (Å²) in [5.74, 6) is 0.791. The van der Waals surface area contributed by atoms with Crippen LogP contribution in [0.15, 0.2) is 42.0 Å². The first-order valence-corrected chi connectivity index (χ1v) is 5.83. The van der Waals surface area contributed by atoms with Gasteiger partial charge in [0, 0.05) is 11.6 Å². The topological polar surface area (TPSA) is 32.3 Å². The molecule has 0 radical (unpaired) electrons. The number of rotatable bonds is 0. The Labute approximate surface area is 89.9 Å². The fourth-order valence-electron chi connectivity index (χ4n) is 1.71. The molecule has 1 aliphatic heterocycles. The van der Waals surface area contributed by atoms with Crippen LogP contribution in [0.2, 0.25) is 0 Å². The fourth-order valence-corrected chi connectivity index (χ4v) is 2.70. The molecule has 15 heavy (non-hydrogen) atoms. The van der Waals surface area contributed by atoms with Crippen molar-refractivity contribution in [3.63, 3.8) is 0 Å². The van der Waals surface area contributed by atoms with Crippen LogP contribution in [0.3, 0.4) is 0 Å². The third kappa shape index (κ3) is 1.28. The van der Waals surface area contributed by atoms with E-state index in [0.717, 1.165) is 21.4 Å². The molecule has 2 heterocycles. The van der Waals surface area contributed by atoms with Crippen LogP contribution < -0.4 is 4.74 Å². The average Bonchev–Trinajstić information content (AvgIpc) is 2.51. The maximum absolute atomic E-state index is 11.6. The molecule has 0 saturated carbocycles. The minimum atomic E-state index is -1.01. The van der Waals surface area contributed by atoms with Crippen molar-refractivity contribution in [3.05, 3.63) is 47.6 Å². The van der Waals surface area contributed by atoms with E-state index < -0.39 is 10.8 Å². The number of benzene rings is 1. The predicted octanol–water partition coefficient (Wildman–Crippen LogP) is 3.49. The number of hydrogen-bond donors (Lipinski definition) is 0. The molecule has 1 unspecified atom stereocenters. The molecule has 1 aromatic carbocycles. The molecule has 3 heteroatoms. The molecule has 0 saturated heterocycles. The van der Waals surface area contributed by atoms with E-state index in [2.05, 4.69) is 0 Å². The highest BCUT2D eigenvalue weighted by atomic mass is 32.2. The zero-order valence-electron chi connectivity index (χ0n) is 7.84. The summed E-state index contributed by atoms with van der Waals surface area (Å²) in [6, 6.07) is 5.68. The second-order valence-corrected chi connectivity index (χ2v) is 4.61. The predicted molar refractivity (Wildman–Crippen MR) is 61.4 cm³/mol. The summed E-state index contributed by atoms with van der Waals surface area (Å²) in [4.78, 5) is 0. The lowest BCUT2D eigenvalue weighted by molar-refractivity contribution is 0.487. The van der Waals surface area contributed by atoms with Crippen LogP contribution in [0.5, 0.6) is 5.75 Å². The van der Waals surface area contributed by atoms with Crippen LogP contribution in [0, 0.1) is 0 Å². The van der Waals surface area contributed by atoms with Crippen molar-refractivity contribution in [1.29, 1.82) is 0 Å². The summed E-state index contributed by atoms with van der Waals surface area (Å²) in [5, 5.41) is 2.62. The highest BCUT2D eigenvalue weighted by Gasteiger charge is 2.13. The van der Waals surface area contributed by atoms with Gasteiger partial charge in [0.25, 0.3) is 0 Å². The van der Waals surface area contributed by atoms with Crippen molar-refractivity contribution >= 4 is 26.9 Å².